The molecule has 1 aromatic carbocycles. The average molecular weight is 235 g/mol. The summed E-state index contributed by atoms with van der Waals surface area (Å²) in [6.07, 6.45) is 0. The molecule has 0 radical (unpaired) electrons. The highest BCUT2D eigenvalue weighted by molar-refractivity contribution is 5.85. The number of benzene rings is 1. The van der Waals surface area contributed by atoms with Crippen LogP contribution in [0, 0.1) is 0 Å². The lowest BCUT2D eigenvalue weighted by Gasteiger charge is -2.24. The van der Waals surface area contributed by atoms with Gasteiger partial charge in [0.15, 0.2) is 0 Å². The first kappa shape index (κ1) is 13.7. The van der Waals surface area contributed by atoms with Gasteiger partial charge >= 0.3 is 0 Å². The molecule has 1 aromatic rings. The lowest BCUT2D eigenvalue weighted by Crippen LogP contribution is -2.42. The van der Waals surface area contributed by atoms with Crippen LogP contribution in [0.5, 0.6) is 0 Å². The van der Waals surface area contributed by atoms with E-state index in [2.05, 4.69) is 41.0 Å². The number of nitrogens with one attached hydrogen (secondary N) is 2. The van der Waals surface area contributed by atoms with Crippen molar-refractivity contribution < 1.29 is 0 Å². The van der Waals surface area contributed by atoms with Crippen LogP contribution in [0.4, 0.5) is 0 Å². The minimum absolute atomic E-state index is 0. The fourth-order valence-electron chi connectivity index (χ4n) is 1.57. The van der Waals surface area contributed by atoms with Gasteiger partial charge in [0.05, 0.1) is 0 Å². The molecule has 1 atom stereocenters. The van der Waals surface area contributed by atoms with Gasteiger partial charge in [0.25, 0.3) is 0 Å². The highest BCUT2D eigenvalue weighted by Gasteiger charge is 2.12. The Morgan fingerprint density at radius 3 is 2.29 bits per heavy atom. The highest BCUT2D eigenvalue weighted by Crippen LogP contribution is 2.12. The van der Waals surface area contributed by atoms with Gasteiger partial charge in [-0.1, -0.05) is 30.3 Å². The molecule has 2 rings (SSSR count). The Kier molecular flexibility index (Phi) is 6.93. The number of rotatable bonds is 1. The molecule has 2 nitrogen and oxygen atoms in total. The number of piperazine rings is 1. The van der Waals surface area contributed by atoms with E-state index in [1.54, 1.807) is 0 Å². The molecule has 0 saturated carbocycles. The molecule has 1 fully saturated rings. The molecule has 1 heterocycles. The van der Waals surface area contributed by atoms with E-state index >= 15 is 0 Å². The molecule has 1 saturated heterocycles. The molecule has 4 heteroatoms. The van der Waals surface area contributed by atoms with Gasteiger partial charge in [-0.25, -0.2) is 0 Å². The van der Waals surface area contributed by atoms with Crippen molar-refractivity contribution in [1.82, 2.24) is 10.6 Å². The van der Waals surface area contributed by atoms with Crippen LogP contribution in [0.25, 0.3) is 0 Å². The van der Waals surface area contributed by atoms with Gasteiger partial charge < -0.3 is 10.6 Å². The van der Waals surface area contributed by atoms with Gasteiger partial charge in [-0.3, -0.25) is 0 Å². The van der Waals surface area contributed by atoms with Crippen LogP contribution in [0.1, 0.15) is 11.6 Å². The Labute approximate surface area is 97.3 Å². The van der Waals surface area contributed by atoms with Gasteiger partial charge in [-0.15, -0.1) is 24.8 Å². The van der Waals surface area contributed by atoms with Crippen molar-refractivity contribution in [3.05, 3.63) is 35.9 Å². The highest BCUT2D eigenvalue weighted by atomic mass is 35.5. The first-order valence-corrected chi connectivity index (χ1v) is 4.46. The van der Waals surface area contributed by atoms with Crippen LogP contribution in [0.2, 0.25) is 0 Å². The van der Waals surface area contributed by atoms with E-state index in [9.17, 15) is 0 Å². The average Bonchev–Trinajstić information content (AvgIpc) is 2.21. The summed E-state index contributed by atoms with van der Waals surface area (Å²) in [5, 5.41) is 6.84. The summed E-state index contributed by atoms with van der Waals surface area (Å²) < 4.78 is 0. The van der Waals surface area contributed by atoms with Gasteiger partial charge in [-0.2, -0.15) is 0 Å². The predicted octanol–water partition coefficient (Wildman–Crippen LogP) is 1.76. The Morgan fingerprint density at radius 2 is 1.71 bits per heavy atom. The Morgan fingerprint density at radius 1 is 1.00 bits per heavy atom. The zero-order valence-electron chi connectivity index (χ0n) is 7.90. The quantitative estimate of drug-likeness (QED) is 0.775. The van der Waals surface area contributed by atoms with Gasteiger partial charge in [0.2, 0.25) is 0 Å². The van der Waals surface area contributed by atoms with Crippen LogP contribution in [0.15, 0.2) is 30.3 Å². The van der Waals surface area contributed by atoms with E-state index in [-0.39, 0.29) is 24.8 Å². The Balaban J connectivity index is 0.000000845. The molecule has 14 heavy (non-hydrogen) atoms. The maximum atomic E-state index is 3.47. The van der Waals surface area contributed by atoms with Crippen molar-refractivity contribution in [2.24, 2.45) is 0 Å². The molecule has 2 N–H and O–H groups in total. The molecule has 80 valence electrons. The van der Waals surface area contributed by atoms with Crippen LogP contribution in [-0.4, -0.2) is 19.6 Å². The second-order valence-corrected chi connectivity index (χ2v) is 3.12. The second kappa shape index (κ2) is 7.07. The first-order chi connectivity index (χ1) is 5.97. The molecule has 0 aromatic heterocycles. The molecule has 0 bridgehead atoms. The van der Waals surface area contributed by atoms with Crippen molar-refractivity contribution in [2.75, 3.05) is 19.6 Å². The fourth-order valence-corrected chi connectivity index (χ4v) is 1.57. The molecular formula is C10H16Cl2N2. The van der Waals surface area contributed by atoms with E-state index < -0.39 is 0 Å². The van der Waals surface area contributed by atoms with E-state index in [1.807, 2.05) is 0 Å². The summed E-state index contributed by atoms with van der Waals surface area (Å²) in [7, 11) is 0. The van der Waals surface area contributed by atoms with E-state index in [0.29, 0.717) is 6.04 Å². The predicted molar refractivity (Wildman–Crippen MR) is 64.6 cm³/mol. The Hall–Kier alpha value is -0.280. The van der Waals surface area contributed by atoms with Crippen molar-refractivity contribution in [1.29, 1.82) is 0 Å². The second-order valence-electron chi connectivity index (χ2n) is 3.12. The summed E-state index contributed by atoms with van der Waals surface area (Å²) >= 11 is 0. The van der Waals surface area contributed by atoms with Crippen molar-refractivity contribution in [2.45, 2.75) is 6.04 Å². The summed E-state index contributed by atoms with van der Waals surface area (Å²) in [5.74, 6) is 0. The fraction of sp³-hybridized carbons (Fsp3) is 0.400. The third-order valence-electron chi connectivity index (χ3n) is 2.24. The lowest BCUT2D eigenvalue weighted by molar-refractivity contribution is 0.430. The SMILES string of the molecule is Cl.Cl.c1ccc(C2CNCCN2)cc1. The lowest BCUT2D eigenvalue weighted by atomic mass is 10.1. The summed E-state index contributed by atoms with van der Waals surface area (Å²) in [5.41, 5.74) is 1.38. The van der Waals surface area contributed by atoms with Gasteiger partial charge in [0, 0.05) is 25.7 Å². The summed E-state index contributed by atoms with van der Waals surface area (Å²) in [6.45, 7) is 3.20. The molecule has 0 amide bonds. The minimum atomic E-state index is 0. The molecule has 1 aliphatic heterocycles. The number of halogens is 2. The largest absolute Gasteiger partial charge is 0.314 e. The van der Waals surface area contributed by atoms with E-state index in [4.69, 9.17) is 0 Å². The van der Waals surface area contributed by atoms with Crippen molar-refractivity contribution >= 4 is 24.8 Å². The van der Waals surface area contributed by atoms with Crippen LogP contribution in [0.3, 0.4) is 0 Å². The number of hydrogen-bond donors (Lipinski definition) is 2. The molecule has 0 spiro atoms. The normalized spacial score (nSPS) is 20.4. The third kappa shape index (κ3) is 3.46. The van der Waals surface area contributed by atoms with Gasteiger partial charge in [-0.05, 0) is 5.56 Å². The van der Waals surface area contributed by atoms with E-state index in [1.165, 1.54) is 5.56 Å². The smallest absolute Gasteiger partial charge is 0.0447 e. The van der Waals surface area contributed by atoms with Crippen molar-refractivity contribution in [3.63, 3.8) is 0 Å². The summed E-state index contributed by atoms with van der Waals surface area (Å²) in [6, 6.07) is 11.1. The standard InChI is InChI=1S/C10H14N2.2ClH/c1-2-4-9(5-3-1)10-8-11-6-7-12-10;;/h1-5,10-12H,6-8H2;2*1H. The minimum Gasteiger partial charge on any atom is -0.314 e. The van der Waals surface area contributed by atoms with Crippen molar-refractivity contribution in [3.8, 4) is 0 Å². The van der Waals surface area contributed by atoms with Crippen LogP contribution >= 0.6 is 24.8 Å². The zero-order valence-corrected chi connectivity index (χ0v) is 9.53. The van der Waals surface area contributed by atoms with E-state index in [0.717, 1.165) is 19.6 Å². The zero-order chi connectivity index (χ0) is 8.23. The Bertz CT molecular complexity index is 235. The van der Waals surface area contributed by atoms with Crippen LogP contribution in [-0.2, 0) is 0 Å². The molecule has 1 aliphatic rings. The van der Waals surface area contributed by atoms with Crippen LogP contribution < -0.4 is 10.6 Å². The number of hydrogen-bond acceptors (Lipinski definition) is 2. The van der Waals surface area contributed by atoms with Gasteiger partial charge in [0.1, 0.15) is 0 Å². The monoisotopic (exact) mass is 234 g/mol. The maximum Gasteiger partial charge on any atom is 0.0447 e. The summed E-state index contributed by atoms with van der Waals surface area (Å²) in [4.78, 5) is 0. The molecular weight excluding hydrogens is 219 g/mol. The maximum absolute atomic E-state index is 3.47. The first-order valence-electron chi connectivity index (χ1n) is 4.46. The molecule has 0 aliphatic carbocycles. The molecule has 1 unspecified atom stereocenters. The topological polar surface area (TPSA) is 24.1 Å². The third-order valence-corrected chi connectivity index (χ3v) is 2.24.